The Balaban J connectivity index is 1.94. The molecule has 15 heavy (non-hydrogen) atoms. The number of nitrogens with one attached hydrogen (secondary N) is 1. The van der Waals surface area contributed by atoms with Crippen LogP contribution in [-0.2, 0) is 4.74 Å². The Morgan fingerprint density at radius 3 is 2.80 bits per heavy atom. The van der Waals surface area contributed by atoms with Gasteiger partial charge in [0.05, 0.1) is 6.10 Å². The molecule has 1 saturated carbocycles. The van der Waals surface area contributed by atoms with Crippen LogP contribution in [0, 0.1) is 0 Å². The molecule has 0 aliphatic heterocycles. The second kappa shape index (κ2) is 4.41. The van der Waals surface area contributed by atoms with Gasteiger partial charge < -0.3 is 15.8 Å². The molecule has 0 atom stereocenters. The first-order valence-corrected chi connectivity index (χ1v) is 5.82. The Labute approximate surface area is 98.1 Å². The van der Waals surface area contributed by atoms with Crippen LogP contribution >= 0.6 is 15.9 Å². The molecule has 82 valence electrons. The fourth-order valence-corrected chi connectivity index (χ4v) is 2.26. The molecule has 2 rings (SSSR count). The second-order valence-electron chi connectivity index (χ2n) is 3.91. The smallest absolute Gasteiger partial charge is 0.0610 e. The van der Waals surface area contributed by atoms with Gasteiger partial charge in [0.15, 0.2) is 0 Å². The van der Waals surface area contributed by atoms with Gasteiger partial charge >= 0.3 is 0 Å². The summed E-state index contributed by atoms with van der Waals surface area (Å²) in [4.78, 5) is 0. The number of hydrogen-bond donors (Lipinski definition) is 2. The van der Waals surface area contributed by atoms with Crippen molar-refractivity contribution in [1.29, 1.82) is 0 Å². The van der Waals surface area contributed by atoms with Crippen molar-refractivity contribution in [3.63, 3.8) is 0 Å². The summed E-state index contributed by atoms with van der Waals surface area (Å²) >= 11 is 3.49. The van der Waals surface area contributed by atoms with Crippen LogP contribution in [0.5, 0.6) is 0 Å². The normalized spacial score (nSPS) is 24.7. The van der Waals surface area contributed by atoms with Crippen molar-refractivity contribution in [2.75, 3.05) is 18.2 Å². The van der Waals surface area contributed by atoms with E-state index < -0.39 is 0 Å². The van der Waals surface area contributed by atoms with Gasteiger partial charge in [0.2, 0.25) is 0 Å². The van der Waals surface area contributed by atoms with E-state index in [1.54, 1.807) is 7.11 Å². The van der Waals surface area contributed by atoms with Crippen molar-refractivity contribution in [3.05, 3.63) is 22.7 Å². The zero-order valence-corrected chi connectivity index (χ0v) is 10.3. The number of halogens is 1. The van der Waals surface area contributed by atoms with E-state index in [4.69, 9.17) is 10.5 Å². The van der Waals surface area contributed by atoms with E-state index in [1.807, 2.05) is 18.2 Å². The average Bonchev–Trinajstić information content (AvgIpc) is 2.13. The van der Waals surface area contributed by atoms with E-state index >= 15 is 0 Å². The monoisotopic (exact) mass is 270 g/mol. The molecule has 1 aliphatic rings. The number of anilines is 2. The summed E-state index contributed by atoms with van der Waals surface area (Å²) in [6, 6.07) is 6.34. The molecule has 0 radical (unpaired) electrons. The van der Waals surface area contributed by atoms with Gasteiger partial charge in [0.1, 0.15) is 0 Å². The number of nitrogen functional groups attached to an aromatic ring is 1. The molecule has 0 bridgehead atoms. The first-order valence-electron chi connectivity index (χ1n) is 5.03. The molecular formula is C11H15BrN2O. The predicted molar refractivity (Wildman–Crippen MR) is 66.0 cm³/mol. The van der Waals surface area contributed by atoms with Crippen molar-refractivity contribution in [2.24, 2.45) is 0 Å². The van der Waals surface area contributed by atoms with Crippen LogP contribution in [0.3, 0.4) is 0 Å². The summed E-state index contributed by atoms with van der Waals surface area (Å²) < 4.78 is 6.25. The molecule has 4 heteroatoms. The zero-order chi connectivity index (χ0) is 10.8. The summed E-state index contributed by atoms with van der Waals surface area (Å²) in [6.45, 7) is 0. The van der Waals surface area contributed by atoms with Gasteiger partial charge in [-0.3, -0.25) is 0 Å². The van der Waals surface area contributed by atoms with Crippen LogP contribution in [0.1, 0.15) is 12.8 Å². The van der Waals surface area contributed by atoms with Crippen LogP contribution in [-0.4, -0.2) is 19.3 Å². The highest BCUT2D eigenvalue weighted by molar-refractivity contribution is 9.10. The first kappa shape index (κ1) is 10.8. The second-order valence-corrected chi connectivity index (χ2v) is 4.76. The van der Waals surface area contributed by atoms with Crippen LogP contribution in [0.4, 0.5) is 11.4 Å². The summed E-state index contributed by atoms with van der Waals surface area (Å²) in [7, 11) is 1.76. The van der Waals surface area contributed by atoms with Crippen molar-refractivity contribution in [2.45, 2.75) is 25.0 Å². The van der Waals surface area contributed by atoms with Gasteiger partial charge in [-0.2, -0.15) is 0 Å². The third-order valence-corrected chi connectivity index (χ3v) is 3.44. The highest BCUT2D eigenvalue weighted by atomic mass is 79.9. The lowest BCUT2D eigenvalue weighted by Crippen LogP contribution is -2.40. The Bertz CT molecular complexity index is 350. The minimum atomic E-state index is 0.426. The lowest BCUT2D eigenvalue weighted by molar-refractivity contribution is 0.0328. The summed E-state index contributed by atoms with van der Waals surface area (Å²) in [5.41, 5.74) is 7.55. The van der Waals surface area contributed by atoms with Gasteiger partial charge in [-0.15, -0.1) is 0 Å². The fraction of sp³-hybridized carbons (Fsp3) is 0.455. The SMILES string of the molecule is COC1CC(Nc2ccc(N)cc2Br)C1. The van der Waals surface area contributed by atoms with E-state index in [9.17, 15) is 0 Å². The molecule has 1 aliphatic carbocycles. The molecule has 1 aromatic carbocycles. The van der Waals surface area contributed by atoms with Crippen molar-refractivity contribution < 1.29 is 4.74 Å². The van der Waals surface area contributed by atoms with Crippen molar-refractivity contribution >= 4 is 27.3 Å². The molecule has 0 amide bonds. The summed E-state index contributed by atoms with van der Waals surface area (Å²) in [5, 5.41) is 3.46. The Hall–Kier alpha value is -0.740. The molecule has 1 aromatic rings. The van der Waals surface area contributed by atoms with Crippen LogP contribution in [0.2, 0.25) is 0 Å². The third kappa shape index (κ3) is 2.44. The number of benzene rings is 1. The molecule has 3 N–H and O–H groups in total. The Kier molecular flexibility index (Phi) is 3.17. The maximum Gasteiger partial charge on any atom is 0.0610 e. The van der Waals surface area contributed by atoms with Gasteiger partial charge in [0, 0.05) is 29.0 Å². The van der Waals surface area contributed by atoms with Gasteiger partial charge in [-0.05, 0) is 47.0 Å². The quantitative estimate of drug-likeness (QED) is 0.831. The third-order valence-electron chi connectivity index (χ3n) is 2.78. The molecule has 0 aromatic heterocycles. The van der Waals surface area contributed by atoms with Crippen LogP contribution in [0.15, 0.2) is 22.7 Å². The van der Waals surface area contributed by atoms with E-state index in [0.29, 0.717) is 12.1 Å². The lowest BCUT2D eigenvalue weighted by Gasteiger charge is -2.35. The lowest BCUT2D eigenvalue weighted by atomic mass is 9.89. The van der Waals surface area contributed by atoms with Crippen LogP contribution < -0.4 is 11.1 Å². The fourth-order valence-electron chi connectivity index (χ4n) is 1.74. The maximum absolute atomic E-state index is 5.67. The van der Waals surface area contributed by atoms with Crippen molar-refractivity contribution in [3.8, 4) is 0 Å². The zero-order valence-electron chi connectivity index (χ0n) is 8.66. The molecule has 1 fully saturated rings. The summed E-state index contributed by atoms with van der Waals surface area (Å²) in [6.07, 6.45) is 2.58. The molecule has 0 unspecified atom stereocenters. The number of methoxy groups -OCH3 is 1. The number of rotatable bonds is 3. The number of ether oxygens (including phenoxy) is 1. The van der Waals surface area contributed by atoms with E-state index in [-0.39, 0.29) is 0 Å². The standard InChI is InChI=1S/C11H15BrN2O/c1-15-9-5-8(6-9)14-11-3-2-7(13)4-10(11)12/h2-4,8-9,14H,5-6,13H2,1H3. The minimum Gasteiger partial charge on any atom is -0.399 e. The van der Waals surface area contributed by atoms with E-state index in [2.05, 4.69) is 21.2 Å². The van der Waals surface area contributed by atoms with E-state index in [1.165, 1.54) is 0 Å². The summed E-state index contributed by atoms with van der Waals surface area (Å²) in [5.74, 6) is 0. The Morgan fingerprint density at radius 2 is 2.20 bits per heavy atom. The first-order chi connectivity index (χ1) is 7.19. The van der Waals surface area contributed by atoms with E-state index in [0.717, 1.165) is 28.7 Å². The van der Waals surface area contributed by atoms with Crippen LogP contribution in [0.25, 0.3) is 0 Å². The largest absolute Gasteiger partial charge is 0.399 e. The topological polar surface area (TPSA) is 47.3 Å². The highest BCUT2D eigenvalue weighted by Crippen LogP contribution is 2.30. The molecule has 0 spiro atoms. The molecule has 0 heterocycles. The number of nitrogens with two attached hydrogens (primary N) is 1. The Morgan fingerprint density at radius 1 is 1.47 bits per heavy atom. The molecule has 0 saturated heterocycles. The maximum atomic E-state index is 5.67. The molecular weight excluding hydrogens is 256 g/mol. The highest BCUT2D eigenvalue weighted by Gasteiger charge is 2.28. The van der Waals surface area contributed by atoms with Gasteiger partial charge in [0.25, 0.3) is 0 Å². The van der Waals surface area contributed by atoms with Gasteiger partial charge in [-0.25, -0.2) is 0 Å². The van der Waals surface area contributed by atoms with Crippen molar-refractivity contribution in [1.82, 2.24) is 0 Å². The minimum absolute atomic E-state index is 0.426. The number of hydrogen-bond acceptors (Lipinski definition) is 3. The van der Waals surface area contributed by atoms with Gasteiger partial charge in [-0.1, -0.05) is 0 Å². The molecule has 3 nitrogen and oxygen atoms in total. The average molecular weight is 271 g/mol. The predicted octanol–water partition coefficient (Wildman–Crippen LogP) is 2.62.